The van der Waals surface area contributed by atoms with E-state index in [1.165, 1.54) is 11.3 Å². The van der Waals surface area contributed by atoms with Crippen molar-refractivity contribution in [2.24, 2.45) is 0 Å². The molecule has 172 valence electrons. The molecule has 0 aliphatic heterocycles. The van der Waals surface area contributed by atoms with Crippen LogP contribution in [-0.4, -0.2) is 44.2 Å². The third-order valence-corrected chi connectivity index (χ3v) is 7.72. The molecular weight excluding hydrogens is 571 g/mol. The van der Waals surface area contributed by atoms with Crippen molar-refractivity contribution in [3.8, 4) is 0 Å². The molecule has 3 heterocycles. The smallest absolute Gasteiger partial charge is 0.358 e. The highest BCUT2D eigenvalue weighted by Crippen LogP contribution is 2.33. The summed E-state index contributed by atoms with van der Waals surface area (Å²) in [5.74, 6) is 0.918. The number of anilines is 4. The highest BCUT2D eigenvalue weighted by molar-refractivity contribution is 14.1. The van der Waals surface area contributed by atoms with Crippen LogP contribution in [0.15, 0.2) is 30.3 Å². The van der Waals surface area contributed by atoms with Gasteiger partial charge in [-0.1, -0.05) is 46.1 Å². The van der Waals surface area contributed by atoms with Gasteiger partial charge in [-0.2, -0.15) is 0 Å². The van der Waals surface area contributed by atoms with E-state index in [-0.39, 0.29) is 5.97 Å². The summed E-state index contributed by atoms with van der Waals surface area (Å²) in [6.07, 6.45) is 1.77. The van der Waals surface area contributed by atoms with E-state index in [9.17, 15) is 4.79 Å². The van der Waals surface area contributed by atoms with Gasteiger partial charge in [-0.25, -0.2) is 14.8 Å². The van der Waals surface area contributed by atoms with Crippen molar-refractivity contribution in [3.63, 3.8) is 0 Å². The zero-order valence-electron chi connectivity index (χ0n) is 18.5. The lowest BCUT2D eigenvalue weighted by Gasteiger charge is -2.15. The van der Waals surface area contributed by atoms with Gasteiger partial charge in [0.2, 0.25) is 0 Å². The van der Waals surface area contributed by atoms with Gasteiger partial charge in [-0.3, -0.25) is 0 Å². The van der Waals surface area contributed by atoms with Crippen molar-refractivity contribution in [1.29, 1.82) is 0 Å². The lowest BCUT2D eigenvalue weighted by molar-refractivity contribution is 0.0519. The zero-order valence-corrected chi connectivity index (χ0v) is 22.3. The van der Waals surface area contributed by atoms with Gasteiger partial charge < -0.3 is 15.0 Å². The van der Waals surface area contributed by atoms with Crippen LogP contribution in [0.3, 0.4) is 0 Å². The summed E-state index contributed by atoms with van der Waals surface area (Å²) in [5, 5.41) is 13.5. The maximum Gasteiger partial charge on any atom is 0.358 e. The molecule has 0 amide bonds. The number of hydrogen-bond acceptors (Lipinski definition) is 10. The van der Waals surface area contributed by atoms with Crippen molar-refractivity contribution >= 4 is 83.3 Å². The van der Waals surface area contributed by atoms with Gasteiger partial charge in [0.1, 0.15) is 0 Å². The molecule has 0 fully saturated rings. The van der Waals surface area contributed by atoms with E-state index in [1.54, 1.807) is 18.3 Å². The van der Waals surface area contributed by atoms with Gasteiger partial charge in [0.25, 0.3) is 0 Å². The van der Waals surface area contributed by atoms with E-state index in [0.717, 1.165) is 43.1 Å². The number of carbonyl (C=O) groups is 1. The Bertz CT molecular complexity index is 1240. The summed E-state index contributed by atoms with van der Waals surface area (Å²) < 4.78 is 7.33. The summed E-state index contributed by atoms with van der Waals surface area (Å²) in [4.78, 5) is 24.4. The van der Waals surface area contributed by atoms with Crippen LogP contribution in [0.4, 0.5) is 21.9 Å². The first kappa shape index (κ1) is 23.8. The van der Waals surface area contributed by atoms with Crippen molar-refractivity contribution < 1.29 is 9.53 Å². The Hall–Kier alpha value is -2.38. The SMILES string of the molecule is CCOC(=O)c1nc(N(C)c2cc(C)c(Nc3nc4ccccc4s3)nn2)sc1CCCI. The van der Waals surface area contributed by atoms with Gasteiger partial charge >= 0.3 is 5.97 Å². The standard InChI is InChI=1S/C22H23IN6O2S2/c1-4-31-20(30)18-16(10-7-11-23)33-22(25-18)29(3)17-12-13(2)19(28-27-17)26-21-24-14-8-5-6-9-15(14)32-21/h5-6,8-9,12H,4,7,10-11H2,1-3H3,(H,24,26,28). The molecule has 1 aromatic carbocycles. The zero-order chi connectivity index (χ0) is 23.4. The average molecular weight is 595 g/mol. The van der Waals surface area contributed by atoms with Gasteiger partial charge in [-0.15, -0.1) is 21.5 Å². The topological polar surface area (TPSA) is 93.1 Å². The molecule has 0 bridgehead atoms. The summed E-state index contributed by atoms with van der Waals surface area (Å²) in [6.45, 7) is 4.09. The number of aryl methyl sites for hydroxylation is 2. The van der Waals surface area contributed by atoms with E-state index in [4.69, 9.17) is 4.74 Å². The first-order valence-corrected chi connectivity index (χ1v) is 13.6. The highest BCUT2D eigenvalue weighted by atomic mass is 127. The molecule has 1 N–H and O–H groups in total. The fraction of sp³-hybridized carbons (Fsp3) is 0.318. The van der Waals surface area contributed by atoms with Crippen LogP contribution in [0.25, 0.3) is 10.2 Å². The summed E-state index contributed by atoms with van der Waals surface area (Å²) in [7, 11) is 1.87. The minimum absolute atomic E-state index is 0.320. The quantitative estimate of drug-likeness (QED) is 0.145. The number of ether oxygens (including phenoxy) is 1. The molecule has 0 spiro atoms. The van der Waals surface area contributed by atoms with Gasteiger partial charge in [0.05, 0.1) is 16.8 Å². The molecule has 33 heavy (non-hydrogen) atoms. The molecular formula is C22H23IN6O2S2. The number of fused-ring (bicyclic) bond motifs is 1. The summed E-state index contributed by atoms with van der Waals surface area (Å²) >= 11 is 5.40. The molecule has 0 atom stereocenters. The third-order valence-electron chi connectivity index (χ3n) is 4.81. The number of nitrogens with one attached hydrogen (secondary N) is 1. The fourth-order valence-corrected chi connectivity index (χ4v) is 5.43. The number of nitrogens with zero attached hydrogens (tertiary/aromatic N) is 5. The van der Waals surface area contributed by atoms with Gasteiger partial charge in [-0.05, 0) is 54.9 Å². The molecule has 0 aliphatic carbocycles. The first-order chi connectivity index (χ1) is 16.0. The number of carbonyl (C=O) groups excluding carboxylic acids is 1. The van der Waals surface area contributed by atoms with E-state index in [2.05, 4.69) is 48.1 Å². The number of halogens is 1. The average Bonchev–Trinajstić information content (AvgIpc) is 3.42. The lowest BCUT2D eigenvalue weighted by Crippen LogP contribution is -2.14. The molecule has 8 nitrogen and oxygen atoms in total. The van der Waals surface area contributed by atoms with Crippen LogP contribution in [0, 0.1) is 6.92 Å². The van der Waals surface area contributed by atoms with Crippen molar-refractivity contribution in [2.45, 2.75) is 26.7 Å². The minimum atomic E-state index is -0.380. The predicted octanol–water partition coefficient (Wildman–Crippen LogP) is 5.91. The second-order valence-corrected chi connectivity index (χ2v) is 10.4. The number of aromatic nitrogens is 4. The molecule has 0 saturated carbocycles. The Morgan fingerprint density at radius 3 is 2.76 bits per heavy atom. The number of para-hydroxylation sites is 1. The maximum atomic E-state index is 12.4. The number of benzene rings is 1. The van der Waals surface area contributed by atoms with Crippen LogP contribution >= 0.6 is 45.3 Å². The Balaban J connectivity index is 1.56. The maximum absolute atomic E-state index is 12.4. The second-order valence-electron chi connectivity index (χ2n) is 7.19. The normalized spacial score (nSPS) is 11.0. The molecule has 0 unspecified atom stereocenters. The Kier molecular flexibility index (Phi) is 7.71. The molecule has 4 rings (SSSR count). The number of alkyl halides is 1. The van der Waals surface area contributed by atoms with Crippen molar-refractivity contribution in [3.05, 3.63) is 46.5 Å². The fourth-order valence-electron chi connectivity index (χ4n) is 3.12. The van der Waals surface area contributed by atoms with Crippen LogP contribution in [0.2, 0.25) is 0 Å². The first-order valence-electron chi connectivity index (χ1n) is 10.4. The number of esters is 1. The molecule has 0 radical (unpaired) electrons. The largest absolute Gasteiger partial charge is 0.461 e. The predicted molar refractivity (Wildman–Crippen MR) is 143 cm³/mol. The summed E-state index contributed by atoms with van der Waals surface area (Å²) in [5.41, 5.74) is 2.28. The van der Waals surface area contributed by atoms with Crippen LogP contribution in [0.5, 0.6) is 0 Å². The molecule has 4 aromatic rings. The third kappa shape index (κ3) is 5.41. The van der Waals surface area contributed by atoms with Gasteiger partial charge in [0.15, 0.2) is 27.6 Å². The Morgan fingerprint density at radius 1 is 1.21 bits per heavy atom. The van der Waals surface area contributed by atoms with E-state index >= 15 is 0 Å². The molecule has 0 aliphatic rings. The van der Waals surface area contributed by atoms with Crippen LogP contribution < -0.4 is 10.2 Å². The highest BCUT2D eigenvalue weighted by Gasteiger charge is 2.22. The second kappa shape index (κ2) is 10.7. The molecule has 0 saturated heterocycles. The monoisotopic (exact) mass is 594 g/mol. The Morgan fingerprint density at radius 2 is 2.03 bits per heavy atom. The van der Waals surface area contributed by atoms with Crippen LogP contribution in [-0.2, 0) is 11.2 Å². The lowest BCUT2D eigenvalue weighted by atomic mass is 10.2. The van der Waals surface area contributed by atoms with E-state index < -0.39 is 0 Å². The van der Waals surface area contributed by atoms with Gasteiger partial charge in [0, 0.05) is 11.9 Å². The number of thiazole rings is 2. The minimum Gasteiger partial charge on any atom is -0.461 e. The van der Waals surface area contributed by atoms with E-state index in [0.29, 0.717) is 29.1 Å². The van der Waals surface area contributed by atoms with Crippen molar-refractivity contribution in [2.75, 3.05) is 28.3 Å². The number of rotatable bonds is 9. The van der Waals surface area contributed by atoms with E-state index in [1.807, 2.05) is 49.2 Å². The number of hydrogen-bond donors (Lipinski definition) is 1. The van der Waals surface area contributed by atoms with Crippen LogP contribution in [0.1, 0.15) is 34.3 Å². The molecule has 11 heteroatoms. The Labute approximate surface area is 213 Å². The van der Waals surface area contributed by atoms with Crippen molar-refractivity contribution in [1.82, 2.24) is 20.2 Å². The molecule has 3 aromatic heterocycles. The summed E-state index contributed by atoms with van der Waals surface area (Å²) in [6, 6.07) is 9.95.